The van der Waals surface area contributed by atoms with Gasteiger partial charge in [-0.3, -0.25) is 4.79 Å². The zero-order valence-electron chi connectivity index (χ0n) is 14.8. The van der Waals surface area contributed by atoms with Crippen molar-refractivity contribution in [1.29, 1.82) is 0 Å². The third-order valence-electron chi connectivity index (χ3n) is 3.56. The van der Waals surface area contributed by atoms with E-state index in [1.807, 2.05) is 11.0 Å². The van der Waals surface area contributed by atoms with Gasteiger partial charge in [0.15, 0.2) is 0 Å². The molecule has 1 heterocycles. The van der Waals surface area contributed by atoms with Crippen LogP contribution in [-0.4, -0.2) is 41.0 Å². The fourth-order valence-electron chi connectivity index (χ4n) is 2.43. The minimum atomic E-state index is -0.0816. The van der Waals surface area contributed by atoms with E-state index < -0.39 is 0 Å². The van der Waals surface area contributed by atoms with Crippen molar-refractivity contribution in [2.24, 2.45) is 0 Å². The number of carbonyl (C=O) groups excluding carboxylic acids is 1. The molecule has 1 N–H and O–H groups in total. The van der Waals surface area contributed by atoms with E-state index in [-0.39, 0.29) is 5.91 Å². The Balaban J connectivity index is 2.17. The van der Waals surface area contributed by atoms with E-state index in [1.54, 1.807) is 31.5 Å². The molecule has 0 atom stereocenters. The number of nitrogens with one attached hydrogen (secondary N) is 1. The van der Waals surface area contributed by atoms with Gasteiger partial charge in [-0.15, -0.1) is 0 Å². The summed E-state index contributed by atoms with van der Waals surface area (Å²) in [6.45, 7) is 5.54. The van der Waals surface area contributed by atoms with Gasteiger partial charge in [0.2, 0.25) is 5.95 Å². The molecule has 7 heteroatoms. The van der Waals surface area contributed by atoms with Gasteiger partial charge < -0.3 is 15.0 Å². The second-order valence-corrected chi connectivity index (χ2v) is 5.94. The highest BCUT2D eigenvalue weighted by Crippen LogP contribution is 2.28. The van der Waals surface area contributed by atoms with Crippen LogP contribution in [0.5, 0.6) is 5.75 Å². The van der Waals surface area contributed by atoms with Gasteiger partial charge in [-0.1, -0.05) is 25.4 Å². The molecule has 0 radical (unpaired) electrons. The molecule has 6 nitrogen and oxygen atoms in total. The number of amides is 1. The van der Waals surface area contributed by atoms with Crippen LogP contribution in [0.4, 0.5) is 11.6 Å². The Labute approximate surface area is 153 Å². The monoisotopic (exact) mass is 362 g/mol. The first-order chi connectivity index (χ1) is 12.1. The minimum Gasteiger partial charge on any atom is -0.495 e. The van der Waals surface area contributed by atoms with Crippen molar-refractivity contribution in [3.63, 3.8) is 0 Å². The van der Waals surface area contributed by atoms with Crippen LogP contribution in [0.15, 0.2) is 30.5 Å². The summed E-state index contributed by atoms with van der Waals surface area (Å²) in [5.41, 5.74) is 1.09. The summed E-state index contributed by atoms with van der Waals surface area (Å²) in [6.07, 6.45) is 3.39. The van der Waals surface area contributed by atoms with E-state index in [2.05, 4.69) is 29.1 Å². The smallest absolute Gasteiger partial charge is 0.272 e. The summed E-state index contributed by atoms with van der Waals surface area (Å²) in [5, 5.41) is 3.54. The van der Waals surface area contributed by atoms with Crippen LogP contribution in [0, 0.1) is 0 Å². The van der Waals surface area contributed by atoms with Crippen molar-refractivity contribution in [2.45, 2.75) is 26.7 Å². The molecule has 25 heavy (non-hydrogen) atoms. The molecule has 0 unspecified atom stereocenters. The highest BCUT2D eigenvalue weighted by molar-refractivity contribution is 6.32. The molecule has 1 aromatic carbocycles. The fourth-order valence-corrected chi connectivity index (χ4v) is 2.69. The second kappa shape index (κ2) is 9.22. The molecule has 0 saturated heterocycles. The molecule has 1 amide bonds. The predicted octanol–water partition coefficient (Wildman–Crippen LogP) is 4.14. The summed E-state index contributed by atoms with van der Waals surface area (Å²) in [7, 11) is 1.56. The summed E-state index contributed by atoms with van der Waals surface area (Å²) >= 11 is 6.12. The first-order valence-corrected chi connectivity index (χ1v) is 8.69. The maximum absolute atomic E-state index is 12.6. The number of ether oxygens (including phenoxy) is 1. The van der Waals surface area contributed by atoms with E-state index >= 15 is 0 Å². The zero-order chi connectivity index (χ0) is 18.2. The van der Waals surface area contributed by atoms with Gasteiger partial charge in [0.05, 0.1) is 12.1 Å². The Kier molecular flexibility index (Phi) is 7.01. The Morgan fingerprint density at radius 3 is 2.56 bits per heavy atom. The molecule has 0 aliphatic carbocycles. The molecule has 0 fully saturated rings. The van der Waals surface area contributed by atoms with Crippen molar-refractivity contribution in [2.75, 3.05) is 25.5 Å². The van der Waals surface area contributed by atoms with Gasteiger partial charge in [-0.05, 0) is 37.1 Å². The summed E-state index contributed by atoms with van der Waals surface area (Å²) in [4.78, 5) is 23.0. The Bertz CT molecular complexity index is 718. The van der Waals surface area contributed by atoms with Crippen molar-refractivity contribution in [3.05, 3.63) is 41.2 Å². The van der Waals surface area contributed by atoms with Crippen LogP contribution >= 0.6 is 11.6 Å². The lowest BCUT2D eigenvalue weighted by Gasteiger charge is -2.21. The average molecular weight is 363 g/mol. The first kappa shape index (κ1) is 19.0. The van der Waals surface area contributed by atoms with Gasteiger partial charge >= 0.3 is 0 Å². The third kappa shape index (κ3) is 5.06. The van der Waals surface area contributed by atoms with E-state index in [0.29, 0.717) is 35.5 Å². The summed E-state index contributed by atoms with van der Waals surface area (Å²) in [6, 6.07) is 6.92. The Morgan fingerprint density at radius 2 is 1.96 bits per heavy atom. The molecule has 0 aliphatic rings. The van der Waals surface area contributed by atoms with E-state index in [0.717, 1.165) is 18.5 Å². The highest BCUT2D eigenvalue weighted by atomic mass is 35.5. The molecule has 0 saturated carbocycles. The molecule has 2 aromatic rings. The molecule has 2 rings (SSSR count). The summed E-state index contributed by atoms with van der Waals surface area (Å²) < 4.78 is 5.13. The highest BCUT2D eigenvalue weighted by Gasteiger charge is 2.16. The number of methoxy groups -OCH3 is 1. The van der Waals surface area contributed by atoms with E-state index in [1.165, 1.54) is 0 Å². The standard InChI is InChI=1S/C18H23ClN4O2/c1-4-10-23(11-5-2)17(24)15-8-9-20-18(22-15)21-13-6-7-16(25-3)14(19)12-13/h6-9,12H,4-5,10-11H2,1-3H3,(H,20,21,22). The van der Waals surface area contributed by atoms with Gasteiger partial charge in [-0.25, -0.2) is 9.97 Å². The first-order valence-electron chi connectivity index (χ1n) is 8.31. The second-order valence-electron chi connectivity index (χ2n) is 5.53. The van der Waals surface area contributed by atoms with Gasteiger partial charge in [0.25, 0.3) is 5.91 Å². The number of benzene rings is 1. The van der Waals surface area contributed by atoms with Crippen LogP contribution in [0.25, 0.3) is 0 Å². The van der Waals surface area contributed by atoms with Crippen molar-refractivity contribution in [1.82, 2.24) is 14.9 Å². The number of anilines is 2. The van der Waals surface area contributed by atoms with E-state index in [4.69, 9.17) is 16.3 Å². The maximum Gasteiger partial charge on any atom is 0.272 e. The van der Waals surface area contributed by atoms with Crippen LogP contribution in [0.2, 0.25) is 5.02 Å². The minimum absolute atomic E-state index is 0.0816. The van der Waals surface area contributed by atoms with Crippen LogP contribution in [-0.2, 0) is 0 Å². The number of halogens is 1. The van der Waals surface area contributed by atoms with Crippen LogP contribution < -0.4 is 10.1 Å². The molecule has 0 aliphatic heterocycles. The number of hydrogen-bond acceptors (Lipinski definition) is 5. The molecule has 134 valence electrons. The normalized spacial score (nSPS) is 10.4. The fraction of sp³-hybridized carbons (Fsp3) is 0.389. The summed E-state index contributed by atoms with van der Waals surface area (Å²) in [5.74, 6) is 0.855. The molecule has 1 aromatic heterocycles. The topological polar surface area (TPSA) is 67.4 Å². The lowest BCUT2D eigenvalue weighted by molar-refractivity contribution is 0.0749. The number of aromatic nitrogens is 2. The Hall–Kier alpha value is -2.34. The molecule has 0 spiro atoms. The zero-order valence-corrected chi connectivity index (χ0v) is 15.5. The quantitative estimate of drug-likeness (QED) is 0.764. The van der Waals surface area contributed by atoms with Crippen molar-refractivity contribution < 1.29 is 9.53 Å². The van der Waals surface area contributed by atoms with Crippen LogP contribution in [0.3, 0.4) is 0 Å². The lowest BCUT2D eigenvalue weighted by Crippen LogP contribution is -2.33. The maximum atomic E-state index is 12.6. The molecule has 0 bridgehead atoms. The van der Waals surface area contributed by atoms with Gasteiger partial charge in [0.1, 0.15) is 11.4 Å². The number of carbonyl (C=O) groups is 1. The predicted molar refractivity (Wildman–Crippen MR) is 99.8 cm³/mol. The SMILES string of the molecule is CCCN(CCC)C(=O)c1ccnc(Nc2ccc(OC)c(Cl)c2)n1. The van der Waals surface area contributed by atoms with Crippen molar-refractivity contribution in [3.8, 4) is 5.75 Å². The third-order valence-corrected chi connectivity index (χ3v) is 3.85. The largest absolute Gasteiger partial charge is 0.495 e. The number of rotatable bonds is 8. The Morgan fingerprint density at radius 1 is 1.24 bits per heavy atom. The lowest BCUT2D eigenvalue weighted by atomic mass is 10.3. The van der Waals surface area contributed by atoms with E-state index in [9.17, 15) is 4.79 Å². The number of nitrogens with zero attached hydrogens (tertiary/aromatic N) is 3. The average Bonchev–Trinajstić information content (AvgIpc) is 2.61. The number of hydrogen-bond donors (Lipinski definition) is 1. The van der Waals surface area contributed by atoms with Gasteiger partial charge in [0, 0.05) is 25.0 Å². The van der Waals surface area contributed by atoms with Crippen molar-refractivity contribution >= 4 is 29.1 Å². The molecular formula is C18H23ClN4O2. The van der Waals surface area contributed by atoms with Gasteiger partial charge in [-0.2, -0.15) is 0 Å². The van der Waals surface area contributed by atoms with Crippen LogP contribution in [0.1, 0.15) is 37.2 Å². The molecular weight excluding hydrogens is 340 g/mol.